The monoisotopic (exact) mass is 503 g/mol. The first kappa shape index (κ1) is 22.7. The van der Waals surface area contributed by atoms with Gasteiger partial charge in [0.05, 0.1) is 12.2 Å². The van der Waals surface area contributed by atoms with E-state index in [0.717, 1.165) is 24.7 Å². The van der Waals surface area contributed by atoms with Crippen molar-refractivity contribution in [3.8, 4) is 0 Å². The lowest BCUT2D eigenvalue weighted by Crippen LogP contribution is -2.59. The van der Waals surface area contributed by atoms with E-state index in [9.17, 15) is 0 Å². The van der Waals surface area contributed by atoms with Gasteiger partial charge in [-0.3, -0.25) is 9.88 Å². The largest absolute Gasteiger partial charge is 0.357 e. The lowest BCUT2D eigenvalue weighted by Gasteiger charge is -2.48. The fourth-order valence-electron chi connectivity index (χ4n) is 4.09. The van der Waals surface area contributed by atoms with Gasteiger partial charge in [0.25, 0.3) is 0 Å². The van der Waals surface area contributed by atoms with Crippen molar-refractivity contribution < 1.29 is 0 Å². The molecule has 0 atom stereocenters. The minimum Gasteiger partial charge on any atom is -0.357 e. The van der Waals surface area contributed by atoms with E-state index < -0.39 is 0 Å². The highest BCUT2D eigenvalue weighted by Crippen LogP contribution is 2.34. The second kappa shape index (κ2) is 12.1. The number of nitrogens with zero attached hydrogens (tertiary/aromatic N) is 3. The normalized spacial score (nSPS) is 20.6. The summed E-state index contributed by atoms with van der Waals surface area (Å²) in [6.07, 6.45) is 8.54. The number of nitrogens with one attached hydrogen (secondary N) is 2. The summed E-state index contributed by atoms with van der Waals surface area (Å²) in [6.45, 7) is 7.06. The summed E-state index contributed by atoms with van der Waals surface area (Å²) in [7, 11) is 0. The summed E-state index contributed by atoms with van der Waals surface area (Å²) in [5.74, 6) is 3.46. The van der Waals surface area contributed by atoms with Crippen LogP contribution in [0.3, 0.4) is 0 Å². The molecule has 1 aliphatic heterocycles. The molecule has 2 fully saturated rings. The molecule has 0 radical (unpaired) electrons. The number of guanidine groups is 1. The van der Waals surface area contributed by atoms with Crippen molar-refractivity contribution in [2.24, 2.45) is 4.99 Å². The minimum absolute atomic E-state index is 0. The molecule has 27 heavy (non-hydrogen) atoms. The molecule has 0 amide bonds. The fraction of sp³-hybridized carbons (Fsp3) is 0.700. The molecule has 0 bridgehead atoms. The van der Waals surface area contributed by atoms with Crippen molar-refractivity contribution in [1.82, 2.24) is 20.5 Å². The van der Waals surface area contributed by atoms with Gasteiger partial charge in [-0.05, 0) is 31.9 Å². The number of thioether (sulfide) groups is 1. The Bertz CT molecular complexity index is 557. The molecule has 2 heterocycles. The third kappa shape index (κ3) is 6.78. The summed E-state index contributed by atoms with van der Waals surface area (Å²) in [4.78, 5) is 11.9. The van der Waals surface area contributed by atoms with Crippen molar-refractivity contribution >= 4 is 41.7 Å². The number of hydrogen-bond donors (Lipinski definition) is 2. The average molecular weight is 503 g/mol. The van der Waals surface area contributed by atoms with Gasteiger partial charge in [0.1, 0.15) is 0 Å². The smallest absolute Gasteiger partial charge is 0.191 e. The average Bonchev–Trinajstić information content (AvgIpc) is 2.72. The molecule has 5 nitrogen and oxygen atoms in total. The van der Waals surface area contributed by atoms with Crippen molar-refractivity contribution in [1.29, 1.82) is 0 Å². The number of rotatable bonds is 6. The fourth-order valence-corrected chi connectivity index (χ4v) is 5.00. The zero-order valence-electron chi connectivity index (χ0n) is 16.5. The summed E-state index contributed by atoms with van der Waals surface area (Å²) in [5.41, 5.74) is 1.31. The summed E-state index contributed by atoms with van der Waals surface area (Å²) in [6, 6.07) is 5.99. The van der Waals surface area contributed by atoms with Gasteiger partial charge in [0.15, 0.2) is 5.96 Å². The van der Waals surface area contributed by atoms with Crippen LogP contribution in [-0.2, 0) is 6.54 Å². The molecule has 3 rings (SSSR count). The first-order valence-corrected chi connectivity index (χ1v) is 11.2. The summed E-state index contributed by atoms with van der Waals surface area (Å²) < 4.78 is 0. The van der Waals surface area contributed by atoms with E-state index >= 15 is 0 Å². The van der Waals surface area contributed by atoms with Crippen LogP contribution >= 0.6 is 35.7 Å². The minimum atomic E-state index is 0. The number of pyridine rings is 1. The Morgan fingerprint density at radius 1 is 1.19 bits per heavy atom. The van der Waals surface area contributed by atoms with Gasteiger partial charge in [-0.15, -0.1) is 24.0 Å². The topological polar surface area (TPSA) is 52.6 Å². The molecule has 152 valence electrons. The van der Waals surface area contributed by atoms with Crippen LogP contribution in [0.2, 0.25) is 0 Å². The molecule has 1 saturated heterocycles. The van der Waals surface area contributed by atoms with Gasteiger partial charge >= 0.3 is 0 Å². The van der Waals surface area contributed by atoms with Crippen molar-refractivity contribution in [3.63, 3.8) is 0 Å². The Morgan fingerprint density at radius 2 is 1.96 bits per heavy atom. The van der Waals surface area contributed by atoms with Gasteiger partial charge in [0.2, 0.25) is 0 Å². The Labute approximate surface area is 185 Å². The lowest BCUT2D eigenvalue weighted by atomic mass is 9.80. The molecule has 7 heteroatoms. The van der Waals surface area contributed by atoms with Crippen LogP contribution in [-0.4, -0.2) is 59.1 Å². The molecule has 1 aromatic rings. The first-order chi connectivity index (χ1) is 12.8. The van der Waals surface area contributed by atoms with Crippen LogP contribution in [0.1, 0.15) is 44.7 Å². The summed E-state index contributed by atoms with van der Waals surface area (Å²) in [5, 5.41) is 7.06. The predicted molar refractivity (Wildman–Crippen MR) is 127 cm³/mol. The number of aliphatic imine (C=N–C) groups is 1. The van der Waals surface area contributed by atoms with E-state index in [2.05, 4.69) is 39.2 Å². The molecule has 1 saturated carbocycles. The van der Waals surface area contributed by atoms with Crippen LogP contribution in [0.15, 0.2) is 29.4 Å². The first-order valence-electron chi connectivity index (χ1n) is 10.1. The Hall–Kier alpha value is -0.540. The molecule has 2 aliphatic rings. The highest BCUT2D eigenvalue weighted by molar-refractivity contribution is 14.0. The molecule has 0 unspecified atom stereocenters. The molecule has 1 aromatic heterocycles. The van der Waals surface area contributed by atoms with Gasteiger partial charge in [-0.1, -0.05) is 25.3 Å². The third-order valence-electron chi connectivity index (χ3n) is 5.52. The van der Waals surface area contributed by atoms with Gasteiger partial charge in [-0.2, -0.15) is 11.8 Å². The number of hydrogen-bond acceptors (Lipinski definition) is 4. The van der Waals surface area contributed by atoms with E-state index in [-0.39, 0.29) is 24.0 Å². The van der Waals surface area contributed by atoms with Crippen molar-refractivity contribution in [3.05, 3.63) is 30.1 Å². The molecular formula is C20H34IN5S. The van der Waals surface area contributed by atoms with Crippen molar-refractivity contribution in [2.75, 3.05) is 37.7 Å². The van der Waals surface area contributed by atoms with E-state index in [4.69, 9.17) is 4.99 Å². The summed E-state index contributed by atoms with van der Waals surface area (Å²) >= 11 is 2.09. The highest BCUT2D eigenvalue weighted by Gasteiger charge is 2.38. The van der Waals surface area contributed by atoms with Crippen LogP contribution in [0.25, 0.3) is 0 Å². The Kier molecular flexibility index (Phi) is 10.2. The van der Waals surface area contributed by atoms with Crippen LogP contribution < -0.4 is 10.6 Å². The highest BCUT2D eigenvalue weighted by atomic mass is 127. The number of halogens is 1. The second-order valence-corrected chi connectivity index (χ2v) is 8.48. The molecule has 1 aliphatic carbocycles. The molecule has 2 N–H and O–H groups in total. The predicted octanol–water partition coefficient (Wildman–Crippen LogP) is 3.51. The maximum absolute atomic E-state index is 4.75. The zero-order valence-corrected chi connectivity index (χ0v) is 19.6. The van der Waals surface area contributed by atoms with E-state index in [1.54, 1.807) is 0 Å². The van der Waals surface area contributed by atoms with Crippen molar-refractivity contribution in [2.45, 2.75) is 51.1 Å². The van der Waals surface area contributed by atoms with Gasteiger partial charge in [0, 0.05) is 49.4 Å². The number of aromatic nitrogens is 1. The van der Waals surface area contributed by atoms with E-state index in [1.165, 1.54) is 56.7 Å². The molecule has 0 aromatic carbocycles. The third-order valence-corrected chi connectivity index (χ3v) is 6.46. The SMILES string of the molecule is CCNC(=NCc1ccccn1)NCC1(N2CCSCC2)CCCCC1.I. The zero-order chi connectivity index (χ0) is 18.1. The maximum atomic E-state index is 4.75. The standard InChI is InChI=1S/C20H33N5S.HI/c1-2-21-19(23-16-18-8-4-7-11-22-18)24-17-20(9-5-3-6-10-20)25-12-14-26-15-13-25;/h4,7-8,11H,2-3,5-6,9-10,12-17H2,1H3,(H2,21,23,24);1H. The molecule has 0 spiro atoms. The lowest BCUT2D eigenvalue weighted by molar-refractivity contribution is 0.0626. The molecular weight excluding hydrogens is 469 g/mol. The van der Waals surface area contributed by atoms with Crippen LogP contribution in [0, 0.1) is 0 Å². The maximum Gasteiger partial charge on any atom is 0.191 e. The van der Waals surface area contributed by atoms with Gasteiger partial charge < -0.3 is 10.6 Å². The van der Waals surface area contributed by atoms with E-state index in [1.807, 2.05) is 24.4 Å². The van der Waals surface area contributed by atoms with Crippen LogP contribution in [0.4, 0.5) is 0 Å². The van der Waals surface area contributed by atoms with Gasteiger partial charge in [-0.25, -0.2) is 4.99 Å². The van der Waals surface area contributed by atoms with Crippen LogP contribution in [0.5, 0.6) is 0 Å². The Morgan fingerprint density at radius 3 is 2.63 bits per heavy atom. The van der Waals surface area contributed by atoms with E-state index in [0.29, 0.717) is 12.1 Å². The Balaban J connectivity index is 0.00000261. The quantitative estimate of drug-likeness (QED) is 0.354. The second-order valence-electron chi connectivity index (χ2n) is 7.25.